The lowest BCUT2D eigenvalue weighted by molar-refractivity contribution is -0.134. The highest BCUT2D eigenvalue weighted by Crippen LogP contribution is 2.17. The van der Waals surface area contributed by atoms with Crippen molar-refractivity contribution < 1.29 is 18.8 Å². The van der Waals surface area contributed by atoms with Gasteiger partial charge < -0.3 is 5.32 Å². The summed E-state index contributed by atoms with van der Waals surface area (Å²) in [7, 11) is 0. The van der Waals surface area contributed by atoms with Crippen LogP contribution in [-0.2, 0) is 9.59 Å². The number of carbonyl (C=O) groups excluding carboxylic acids is 3. The highest BCUT2D eigenvalue weighted by Gasteiger charge is 2.36. The van der Waals surface area contributed by atoms with Crippen LogP contribution in [0.3, 0.4) is 0 Å². The van der Waals surface area contributed by atoms with Crippen LogP contribution in [0.4, 0.5) is 14.9 Å². The maximum absolute atomic E-state index is 13.0. The van der Waals surface area contributed by atoms with Crippen molar-refractivity contribution in [2.75, 3.05) is 5.32 Å². The minimum Gasteiger partial charge on any atom is -0.358 e. The predicted molar refractivity (Wildman–Crippen MR) is 64.3 cm³/mol. The van der Waals surface area contributed by atoms with E-state index < -0.39 is 29.6 Å². The number of barbiturate groups is 1. The molecule has 0 atom stereocenters. The molecular weight excluding hydrogens is 253 g/mol. The highest BCUT2D eigenvalue weighted by molar-refractivity contribution is 6.17. The molecule has 98 valence electrons. The van der Waals surface area contributed by atoms with Crippen molar-refractivity contribution in [3.8, 4) is 0 Å². The Morgan fingerprint density at radius 2 is 1.84 bits per heavy atom. The molecule has 1 fully saturated rings. The first-order valence-corrected chi connectivity index (χ1v) is 5.34. The van der Waals surface area contributed by atoms with E-state index in [4.69, 9.17) is 0 Å². The second-order valence-corrected chi connectivity index (χ2v) is 3.90. The Kier molecular flexibility index (Phi) is 3.28. The minimum absolute atomic E-state index is 0.0492. The zero-order valence-electron chi connectivity index (χ0n) is 9.70. The standard InChI is InChI=1S/C12H10FN3O3/c1-6(14-8-4-2-3-7(13)5-8)9-10(17)15-12(19)16-11(9)18/h2-5,9,14H,1H2,(H2,15,16,17,18,19). The summed E-state index contributed by atoms with van der Waals surface area (Å²) in [5.41, 5.74) is 0.399. The molecule has 1 aliphatic rings. The van der Waals surface area contributed by atoms with Crippen molar-refractivity contribution in [3.05, 3.63) is 42.4 Å². The molecule has 0 aliphatic carbocycles. The fourth-order valence-electron chi connectivity index (χ4n) is 1.66. The molecule has 3 N–H and O–H groups in total. The number of amides is 4. The number of nitrogens with one attached hydrogen (secondary N) is 3. The fraction of sp³-hybridized carbons (Fsp3) is 0.0833. The summed E-state index contributed by atoms with van der Waals surface area (Å²) in [6.07, 6.45) is 0. The zero-order chi connectivity index (χ0) is 14.0. The van der Waals surface area contributed by atoms with E-state index >= 15 is 0 Å². The Bertz CT molecular complexity index is 565. The maximum Gasteiger partial charge on any atom is 0.328 e. The van der Waals surface area contributed by atoms with E-state index in [1.807, 2.05) is 10.6 Å². The highest BCUT2D eigenvalue weighted by atomic mass is 19.1. The van der Waals surface area contributed by atoms with Crippen molar-refractivity contribution in [2.24, 2.45) is 5.92 Å². The summed E-state index contributed by atoms with van der Waals surface area (Å²) >= 11 is 0. The van der Waals surface area contributed by atoms with Gasteiger partial charge in [-0.25, -0.2) is 9.18 Å². The van der Waals surface area contributed by atoms with Crippen LogP contribution in [-0.4, -0.2) is 17.8 Å². The second-order valence-electron chi connectivity index (χ2n) is 3.90. The van der Waals surface area contributed by atoms with Crippen LogP contribution in [0.25, 0.3) is 0 Å². The van der Waals surface area contributed by atoms with Crippen LogP contribution < -0.4 is 16.0 Å². The van der Waals surface area contributed by atoms with Gasteiger partial charge in [0.15, 0.2) is 5.92 Å². The van der Waals surface area contributed by atoms with Gasteiger partial charge in [-0.05, 0) is 18.2 Å². The molecule has 0 unspecified atom stereocenters. The molecule has 1 aromatic carbocycles. The van der Waals surface area contributed by atoms with Crippen LogP contribution in [0.5, 0.6) is 0 Å². The lowest BCUT2D eigenvalue weighted by atomic mass is 10.0. The fourth-order valence-corrected chi connectivity index (χ4v) is 1.66. The molecule has 7 heteroatoms. The van der Waals surface area contributed by atoms with E-state index in [1.54, 1.807) is 6.07 Å². The van der Waals surface area contributed by atoms with Crippen molar-refractivity contribution in [3.63, 3.8) is 0 Å². The smallest absolute Gasteiger partial charge is 0.328 e. The average Bonchev–Trinajstić information content (AvgIpc) is 2.27. The Morgan fingerprint density at radius 3 is 2.42 bits per heavy atom. The van der Waals surface area contributed by atoms with Crippen LogP contribution >= 0.6 is 0 Å². The lowest BCUT2D eigenvalue weighted by Crippen LogP contribution is -2.56. The lowest BCUT2D eigenvalue weighted by Gasteiger charge is -2.23. The Hall–Kier alpha value is -2.70. The van der Waals surface area contributed by atoms with Gasteiger partial charge in [0.2, 0.25) is 11.8 Å². The summed E-state index contributed by atoms with van der Waals surface area (Å²) in [5, 5.41) is 6.57. The summed E-state index contributed by atoms with van der Waals surface area (Å²) in [6, 6.07) is 4.60. The molecule has 6 nitrogen and oxygen atoms in total. The number of anilines is 1. The van der Waals surface area contributed by atoms with E-state index in [-0.39, 0.29) is 5.70 Å². The second kappa shape index (κ2) is 4.89. The monoisotopic (exact) mass is 263 g/mol. The number of benzene rings is 1. The number of carbonyl (C=O) groups is 3. The van der Waals surface area contributed by atoms with Gasteiger partial charge in [-0.1, -0.05) is 12.6 Å². The topological polar surface area (TPSA) is 87.3 Å². The van der Waals surface area contributed by atoms with Crippen LogP contribution in [0.2, 0.25) is 0 Å². The van der Waals surface area contributed by atoms with Gasteiger partial charge in [0.05, 0.1) is 0 Å². The van der Waals surface area contributed by atoms with Crippen molar-refractivity contribution in [1.29, 1.82) is 0 Å². The van der Waals surface area contributed by atoms with Gasteiger partial charge in [0, 0.05) is 11.4 Å². The van der Waals surface area contributed by atoms with E-state index in [0.29, 0.717) is 5.69 Å². The summed E-state index contributed by atoms with van der Waals surface area (Å²) in [4.78, 5) is 34.0. The number of hydrogen-bond donors (Lipinski definition) is 3. The number of urea groups is 1. The first-order chi connectivity index (χ1) is 8.97. The van der Waals surface area contributed by atoms with Gasteiger partial charge >= 0.3 is 6.03 Å². The first-order valence-electron chi connectivity index (χ1n) is 5.34. The van der Waals surface area contributed by atoms with E-state index in [2.05, 4.69) is 11.9 Å². The zero-order valence-corrected chi connectivity index (χ0v) is 9.70. The molecule has 1 heterocycles. The number of hydrogen-bond acceptors (Lipinski definition) is 4. The SMILES string of the molecule is C=C(Nc1cccc(F)c1)C1C(=O)NC(=O)NC1=O. The largest absolute Gasteiger partial charge is 0.358 e. The number of halogens is 1. The van der Waals surface area contributed by atoms with Crippen molar-refractivity contribution >= 4 is 23.5 Å². The molecule has 1 aliphatic heterocycles. The molecule has 4 amide bonds. The third-order valence-electron chi connectivity index (χ3n) is 2.48. The Balaban J connectivity index is 2.13. The van der Waals surface area contributed by atoms with E-state index in [9.17, 15) is 18.8 Å². The van der Waals surface area contributed by atoms with Crippen LogP contribution in [0, 0.1) is 11.7 Å². The Labute approximate surface area is 107 Å². The molecule has 0 bridgehead atoms. The van der Waals surface area contributed by atoms with Gasteiger partial charge in [-0.2, -0.15) is 0 Å². The predicted octanol–water partition coefficient (Wildman–Crippen LogP) is 0.733. The summed E-state index contributed by atoms with van der Waals surface area (Å²) in [6.45, 7) is 3.56. The quantitative estimate of drug-likeness (QED) is 0.702. The molecule has 0 spiro atoms. The number of rotatable bonds is 3. The molecule has 19 heavy (non-hydrogen) atoms. The summed E-state index contributed by atoms with van der Waals surface area (Å²) in [5.74, 6) is -3.27. The van der Waals surface area contributed by atoms with Crippen LogP contribution in [0.15, 0.2) is 36.5 Å². The molecule has 0 aromatic heterocycles. The summed E-state index contributed by atoms with van der Waals surface area (Å²) < 4.78 is 13.0. The van der Waals surface area contributed by atoms with Gasteiger partial charge in [0.1, 0.15) is 5.82 Å². The number of imide groups is 2. The molecular formula is C12H10FN3O3. The van der Waals surface area contributed by atoms with Gasteiger partial charge in [0.25, 0.3) is 0 Å². The van der Waals surface area contributed by atoms with Crippen molar-refractivity contribution in [2.45, 2.75) is 0 Å². The third-order valence-corrected chi connectivity index (χ3v) is 2.48. The maximum atomic E-state index is 13.0. The Morgan fingerprint density at radius 1 is 1.21 bits per heavy atom. The average molecular weight is 263 g/mol. The van der Waals surface area contributed by atoms with Crippen molar-refractivity contribution in [1.82, 2.24) is 10.6 Å². The van der Waals surface area contributed by atoms with E-state index in [0.717, 1.165) is 0 Å². The molecule has 1 saturated heterocycles. The van der Waals surface area contributed by atoms with Gasteiger partial charge in [-0.3, -0.25) is 20.2 Å². The normalized spacial score (nSPS) is 15.7. The van der Waals surface area contributed by atoms with Crippen LogP contribution in [0.1, 0.15) is 0 Å². The first kappa shape index (κ1) is 12.7. The molecule has 1 aromatic rings. The van der Waals surface area contributed by atoms with Gasteiger partial charge in [-0.15, -0.1) is 0 Å². The minimum atomic E-state index is -1.25. The molecule has 0 saturated carbocycles. The molecule has 0 radical (unpaired) electrons. The third kappa shape index (κ3) is 2.76. The van der Waals surface area contributed by atoms with E-state index in [1.165, 1.54) is 18.2 Å². The molecule has 2 rings (SSSR count).